The van der Waals surface area contributed by atoms with Crippen LogP contribution in [0.2, 0.25) is 15.1 Å². The number of unbranched alkanes of at least 4 members (excludes halogenated alkanes) is 1. The molecule has 0 aliphatic heterocycles. The van der Waals surface area contributed by atoms with Gasteiger partial charge in [0.15, 0.2) is 0 Å². The number of carboxylic acids is 1. The Morgan fingerprint density at radius 3 is 2.24 bits per heavy atom. The van der Waals surface area contributed by atoms with E-state index < -0.39 is 22.0 Å². The predicted octanol–water partition coefficient (Wildman–Crippen LogP) is 3.57. The molecular weight excluding hydrogens is 361 g/mol. The molecule has 1 rings (SSSR count). The molecular formula is C12H14Cl3NO4S. The van der Waals surface area contributed by atoms with Gasteiger partial charge in [-0.1, -0.05) is 54.6 Å². The van der Waals surface area contributed by atoms with Crippen LogP contribution < -0.4 is 4.72 Å². The molecule has 0 aliphatic carbocycles. The Bertz CT molecular complexity index is 610. The maximum atomic E-state index is 12.3. The van der Waals surface area contributed by atoms with E-state index in [4.69, 9.17) is 39.9 Å². The molecule has 5 nitrogen and oxygen atoms in total. The number of rotatable bonds is 7. The van der Waals surface area contributed by atoms with Gasteiger partial charge in [0.25, 0.3) is 0 Å². The smallest absolute Gasteiger partial charge is 0.321 e. The lowest BCUT2D eigenvalue weighted by molar-refractivity contribution is -0.139. The van der Waals surface area contributed by atoms with Gasteiger partial charge in [0.05, 0.1) is 10.0 Å². The summed E-state index contributed by atoms with van der Waals surface area (Å²) in [6.45, 7) is 1.88. The van der Waals surface area contributed by atoms with E-state index in [1.54, 1.807) is 0 Å². The first-order valence-corrected chi connectivity index (χ1v) is 8.70. The van der Waals surface area contributed by atoms with Crippen LogP contribution in [-0.4, -0.2) is 25.5 Å². The van der Waals surface area contributed by atoms with Crippen LogP contribution in [0.15, 0.2) is 17.0 Å². The zero-order chi connectivity index (χ0) is 16.2. The Hall–Kier alpha value is -0.530. The Morgan fingerprint density at radius 1 is 1.29 bits per heavy atom. The van der Waals surface area contributed by atoms with Crippen LogP contribution in [0.1, 0.15) is 26.2 Å². The van der Waals surface area contributed by atoms with E-state index in [0.29, 0.717) is 6.42 Å². The molecule has 21 heavy (non-hydrogen) atoms. The minimum atomic E-state index is -4.17. The van der Waals surface area contributed by atoms with Crippen molar-refractivity contribution >= 4 is 50.8 Å². The van der Waals surface area contributed by atoms with E-state index in [9.17, 15) is 13.2 Å². The summed E-state index contributed by atoms with van der Waals surface area (Å²) in [6.07, 6.45) is 1.49. The fraction of sp³-hybridized carbons (Fsp3) is 0.417. The molecule has 0 spiro atoms. The van der Waals surface area contributed by atoms with Crippen LogP contribution in [0.5, 0.6) is 0 Å². The number of halogens is 3. The Labute approximate surface area is 138 Å². The number of nitrogens with one attached hydrogen (secondary N) is 1. The monoisotopic (exact) mass is 373 g/mol. The molecule has 0 radical (unpaired) electrons. The van der Waals surface area contributed by atoms with Gasteiger partial charge in [-0.25, -0.2) is 8.42 Å². The summed E-state index contributed by atoms with van der Waals surface area (Å²) in [7, 11) is -4.17. The predicted molar refractivity (Wildman–Crippen MR) is 82.7 cm³/mol. The van der Waals surface area contributed by atoms with Crippen molar-refractivity contribution in [3.63, 3.8) is 0 Å². The van der Waals surface area contributed by atoms with Crippen molar-refractivity contribution in [3.8, 4) is 0 Å². The van der Waals surface area contributed by atoms with Gasteiger partial charge < -0.3 is 5.11 Å². The lowest BCUT2D eigenvalue weighted by Crippen LogP contribution is -2.40. The van der Waals surface area contributed by atoms with Crippen molar-refractivity contribution in [1.82, 2.24) is 4.72 Å². The molecule has 1 aromatic carbocycles. The number of benzene rings is 1. The fourth-order valence-corrected chi connectivity index (χ4v) is 4.44. The SMILES string of the molecule is CCCCC(NS(=O)(=O)c1c(Cl)cc(Cl)cc1Cl)C(=O)O. The van der Waals surface area contributed by atoms with Crippen molar-refractivity contribution in [3.05, 3.63) is 27.2 Å². The van der Waals surface area contributed by atoms with Crippen LogP contribution >= 0.6 is 34.8 Å². The Kier molecular flexibility index (Phi) is 6.74. The van der Waals surface area contributed by atoms with Gasteiger partial charge in [-0.05, 0) is 18.6 Å². The molecule has 0 saturated heterocycles. The standard InChI is InChI=1S/C12H14Cl3NO4S/c1-2-3-4-10(12(17)18)16-21(19,20)11-8(14)5-7(13)6-9(11)15/h5-6,10,16H,2-4H2,1H3,(H,17,18). The number of carbonyl (C=O) groups is 1. The van der Waals surface area contributed by atoms with E-state index in [0.717, 1.165) is 6.42 Å². The van der Waals surface area contributed by atoms with Crippen molar-refractivity contribution in [2.24, 2.45) is 0 Å². The van der Waals surface area contributed by atoms with E-state index in [2.05, 4.69) is 4.72 Å². The second kappa shape index (κ2) is 7.65. The van der Waals surface area contributed by atoms with Crippen molar-refractivity contribution in [2.45, 2.75) is 37.1 Å². The third kappa shape index (κ3) is 5.00. The second-order valence-electron chi connectivity index (χ2n) is 4.35. The highest BCUT2D eigenvalue weighted by atomic mass is 35.5. The molecule has 0 fully saturated rings. The topological polar surface area (TPSA) is 83.5 Å². The van der Waals surface area contributed by atoms with Gasteiger partial charge in [0.2, 0.25) is 10.0 Å². The summed E-state index contributed by atoms with van der Waals surface area (Å²) in [5.41, 5.74) is 0. The van der Waals surface area contributed by atoms with E-state index in [-0.39, 0.29) is 26.4 Å². The molecule has 2 N–H and O–H groups in total. The van der Waals surface area contributed by atoms with E-state index >= 15 is 0 Å². The van der Waals surface area contributed by atoms with Gasteiger partial charge in [-0.3, -0.25) is 4.79 Å². The second-order valence-corrected chi connectivity index (χ2v) is 7.25. The quantitative estimate of drug-likeness (QED) is 0.764. The Balaban J connectivity index is 3.14. The summed E-state index contributed by atoms with van der Waals surface area (Å²) < 4.78 is 26.7. The van der Waals surface area contributed by atoms with Gasteiger partial charge in [-0.15, -0.1) is 0 Å². The zero-order valence-electron chi connectivity index (χ0n) is 11.1. The van der Waals surface area contributed by atoms with Crippen LogP contribution in [-0.2, 0) is 14.8 Å². The normalized spacial score (nSPS) is 13.1. The minimum absolute atomic E-state index is 0.167. The van der Waals surface area contributed by atoms with Crippen molar-refractivity contribution < 1.29 is 18.3 Å². The van der Waals surface area contributed by atoms with Crippen LogP contribution in [0.25, 0.3) is 0 Å². The molecule has 0 amide bonds. The maximum Gasteiger partial charge on any atom is 0.321 e. The highest BCUT2D eigenvalue weighted by molar-refractivity contribution is 7.89. The molecule has 118 valence electrons. The molecule has 0 bridgehead atoms. The minimum Gasteiger partial charge on any atom is -0.480 e. The summed E-state index contributed by atoms with van der Waals surface area (Å²) in [4.78, 5) is 10.7. The first-order chi connectivity index (χ1) is 9.69. The highest BCUT2D eigenvalue weighted by Crippen LogP contribution is 2.32. The summed E-state index contributed by atoms with van der Waals surface area (Å²) in [6, 6.07) is 1.22. The van der Waals surface area contributed by atoms with Crippen LogP contribution in [0.3, 0.4) is 0 Å². The average Bonchev–Trinajstić information content (AvgIpc) is 2.32. The van der Waals surface area contributed by atoms with Crippen LogP contribution in [0.4, 0.5) is 0 Å². The van der Waals surface area contributed by atoms with Gasteiger partial charge in [-0.2, -0.15) is 4.72 Å². The summed E-state index contributed by atoms with van der Waals surface area (Å²) in [5.74, 6) is -1.26. The van der Waals surface area contributed by atoms with Gasteiger partial charge in [0, 0.05) is 5.02 Å². The molecule has 1 atom stereocenters. The molecule has 1 aromatic rings. The van der Waals surface area contributed by atoms with E-state index in [1.807, 2.05) is 6.92 Å². The Morgan fingerprint density at radius 2 is 1.81 bits per heavy atom. The first-order valence-electron chi connectivity index (χ1n) is 6.08. The largest absolute Gasteiger partial charge is 0.480 e. The van der Waals surface area contributed by atoms with Crippen molar-refractivity contribution in [2.75, 3.05) is 0 Å². The fourth-order valence-electron chi connectivity index (χ4n) is 1.67. The maximum absolute atomic E-state index is 12.3. The molecule has 0 aromatic heterocycles. The summed E-state index contributed by atoms with van der Waals surface area (Å²) >= 11 is 17.4. The molecule has 9 heteroatoms. The number of carboxylic acid groups (broad SMARTS) is 1. The van der Waals surface area contributed by atoms with Crippen molar-refractivity contribution in [1.29, 1.82) is 0 Å². The van der Waals surface area contributed by atoms with E-state index in [1.165, 1.54) is 12.1 Å². The van der Waals surface area contributed by atoms with Gasteiger partial charge in [0.1, 0.15) is 10.9 Å². The third-order valence-corrected chi connectivity index (χ3v) is 5.28. The number of hydrogen-bond donors (Lipinski definition) is 2. The first kappa shape index (κ1) is 18.5. The zero-order valence-corrected chi connectivity index (χ0v) is 14.2. The van der Waals surface area contributed by atoms with Crippen LogP contribution in [0, 0.1) is 0 Å². The molecule has 1 unspecified atom stereocenters. The summed E-state index contributed by atoms with van der Waals surface area (Å²) in [5, 5.41) is 8.93. The lowest BCUT2D eigenvalue weighted by Gasteiger charge is -2.16. The number of aliphatic carboxylic acids is 1. The third-order valence-electron chi connectivity index (χ3n) is 2.67. The number of hydrogen-bond acceptors (Lipinski definition) is 3. The molecule has 0 heterocycles. The molecule has 0 saturated carbocycles. The highest BCUT2D eigenvalue weighted by Gasteiger charge is 2.28. The molecule has 0 aliphatic rings. The number of sulfonamides is 1. The lowest BCUT2D eigenvalue weighted by atomic mass is 10.1. The average molecular weight is 375 g/mol. The van der Waals surface area contributed by atoms with Gasteiger partial charge >= 0.3 is 5.97 Å².